The van der Waals surface area contributed by atoms with E-state index >= 15 is 0 Å². The SMILES string of the molecule is O=C1COC(=O)[C@H](CO)O1. The van der Waals surface area contributed by atoms with Gasteiger partial charge < -0.3 is 14.6 Å². The summed E-state index contributed by atoms with van der Waals surface area (Å²) in [6.45, 7) is -0.875. The maximum atomic E-state index is 10.5. The van der Waals surface area contributed by atoms with E-state index in [1.807, 2.05) is 0 Å². The molecular formula is C5H6O5. The number of ether oxygens (including phenoxy) is 2. The van der Waals surface area contributed by atoms with Crippen LogP contribution in [0, 0.1) is 0 Å². The third kappa shape index (κ3) is 1.24. The Morgan fingerprint density at radius 3 is 2.80 bits per heavy atom. The van der Waals surface area contributed by atoms with Crippen LogP contribution in [-0.4, -0.2) is 36.4 Å². The van der Waals surface area contributed by atoms with Crippen LogP contribution in [0.25, 0.3) is 0 Å². The molecule has 0 amide bonds. The molecule has 0 saturated carbocycles. The molecule has 1 rings (SSSR count). The van der Waals surface area contributed by atoms with Gasteiger partial charge in [-0.15, -0.1) is 0 Å². The third-order valence-corrected chi connectivity index (χ3v) is 1.03. The average molecular weight is 146 g/mol. The van der Waals surface area contributed by atoms with Crippen molar-refractivity contribution < 1.29 is 24.2 Å². The second-order valence-corrected chi connectivity index (χ2v) is 1.77. The zero-order valence-corrected chi connectivity index (χ0v) is 5.07. The van der Waals surface area contributed by atoms with Crippen LogP contribution in [0.15, 0.2) is 0 Å². The van der Waals surface area contributed by atoms with Crippen LogP contribution >= 0.6 is 0 Å². The van der Waals surface area contributed by atoms with E-state index in [0.717, 1.165) is 0 Å². The maximum absolute atomic E-state index is 10.5. The summed E-state index contributed by atoms with van der Waals surface area (Å²) in [4.78, 5) is 20.9. The van der Waals surface area contributed by atoms with Gasteiger partial charge in [-0.3, -0.25) is 0 Å². The summed E-state index contributed by atoms with van der Waals surface area (Å²) in [6.07, 6.45) is -1.12. The van der Waals surface area contributed by atoms with Gasteiger partial charge in [0.15, 0.2) is 6.61 Å². The first-order valence-electron chi connectivity index (χ1n) is 2.71. The molecule has 1 saturated heterocycles. The van der Waals surface area contributed by atoms with Crippen molar-refractivity contribution in [1.29, 1.82) is 0 Å². The highest BCUT2D eigenvalue weighted by Gasteiger charge is 2.29. The normalized spacial score (nSPS) is 25.5. The van der Waals surface area contributed by atoms with Crippen LogP contribution in [0.4, 0.5) is 0 Å². The van der Waals surface area contributed by atoms with Crippen LogP contribution < -0.4 is 0 Å². The molecule has 1 N–H and O–H groups in total. The molecule has 0 radical (unpaired) electrons. The summed E-state index contributed by atoms with van der Waals surface area (Å²) in [5.74, 6) is -1.32. The number of aliphatic hydroxyl groups excluding tert-OH is 1. The molecule has 0 spiro atoms. The minimum absolute atomic E-state index is 0.352. The Morgan fingerprint density at radius 2 is 2.30 bits per heavy atom. The van der Waals surface area contributed by atoms with Crippen LogP contribution in [0.2, 0.25) is 0 Å². The van der Waals surface area contributed by atoms with Crippen molar-refractivity contribution in [3.8, 4) is 0 Å². The van der Waals surface area contributed by atoms with Gasteiger partial charge in [-0.25, -0.2) is 9.59 Å². The van der Waals surface area contributed by atoms with E-state index in [4.69, 9.17) is 5.11 Å². The zero-order valence-electron chi connectivity index (χ0n) is 5.07. The monoisotopic (exact) mass is 146 g/mol. The van der Waals surface area contributed by atoms with Gasteiger partial charge >= 0.3 is 11.9 Å². The lowest BCUT2D eigenvalue weighted by molar-refractivity contribution is -0.187. The van der Waals surface area contributed by atoms with Gasteiger partial charge in [0.05, 0.1) is 6.61 Å². The molecule has 1 aliphatic rings. The molecule has 0 aromatic rings. The lowest BCUT2D eigenvalue weighted by Gasteiger charge is -2.18. The average Bonchev–Trinajstić information content (AvgIpc) is 1.94. The predicted octanol–water partition coefficient (Wildman–Crippen LogP) is -1.55. The molecule has 5 heteroatoms. The van der Waals surface area contributed by atoms with Crippen molar-refractivity contribution in [3.63, 3.8) is 0 Å². The first-order chi connectivity index (χ1) is 4.74. The Morgan fingerprint density at radius 1 is 1.60 bits per heavy atom. The van der Waals surface area contributed by atoms with Crippen molar-refractivity contribution >= 4 is 11.9 Å². The predicted molar refractivity (Wildman–Crippen MR) is 27.9 cm³/mol. The maximum Gasteiger partial charge on any atom is 0.350 e. The number of hydrogen-bond donors (Lipinski definition) is 1. The summed E-state index contributed by atoms with van der Waals surface area (Å²) >= 11 is 0. The zero-order chi connectivity index (χ0) is 7.56. The molecule has 56 valence electrons. The van der Waals surface area contributed by atoms with E-state index in [9.17, 15) is 9.59 Å². The Balaban J connectivity index is 2.53. The smallest absolute Gasteiger partial charge is 0.350 e. The minimum Gasteiger partial charge on any atom is -0.451 e. The van der Waals surface area contributed by atoms with Gasteiger partial charge in [-0.2, -0.15) is 0 Å². The lowest BCUT2D eigenvalue weighted by atomic mass is 10.3. The Hall–Kier alpha value is -1.10. The molecule has 10 heavy (non-hydrogen) atoms. The Bertz CT molecular complexity index is 163. The number of carbonyl (C=O) groups excluding carboxylic acids is 2. The molecule has 0 aromatic carbocycles. The van der Waals surface area contributed by atoms with E-state index in [1.165, 1.54) is 0 Å². The van der Waals surface area contributed by atoms with Crippen molar-refractivity contribution in [1.82, 2.24) is 0 Å². The summed E-state index contributed by atoms with van der Waals surface area (Å²) in [5.41, 5.74) is 0. The molecule has 0 unspecified atom stereocenters. The molecule has 1 heterocycles. The number of hydrogen-bond acceptors (Lipinski definition) is 5. The molecule has 0 aliphatic carbocycles. The first-order valence-corrected chi connectivity index (χ1v) is 2.71. The molecular weight excluding hydrogens is 140 g/mol. The number of rotatable bonds is 1. The molecule has 0 bridgehead atoms. The molecule has 5 nitrogen and oxygen atoms in total. The topological polar surface area (TPSA) is 72.8 Å². The van der Waals surface area contributed by atoms with E-state index in [1.54, 1.807) is 0 Å². The van der Waals surface area contributed by atoms with Crippen molar-refractivity contribution in [2.24, 2.45) is 0 Å². The fourth-order valence-corrected chi connectivity index (χ4v) is 0.576. The molecule has 0 aromatic heterocycles. The van der Waals surface area contributed by atoms with Gasteiger partial charge in [0.25, 0.3) is 0 Å². The van der Waals surface area contributed by atoms with Crippen molar-refractivity contribution in [2.45, 2.75) is 6.10 Å². The number of aliphatic hydroxyl groups is 1. The second-order valence-electron chi connectivity index (χ2n) is 1.77. The Labute approximate surface area is 56.5 Å². The van der Waals surface area contributed by atoms with Crippen LogP contribution in [0.5, 0.6) is 0 Å². The molecule has 1 fully saturated rings. The van der Waals surface area contributed by atoms with E-state index in [2.05, 4.69) is 9.47 Å². The molecule has 1 aliphatic heterocycles. The lowest BCUT2D eigenvalue weighted by Crippen LogP contribution is -2.39. The van der Waals surface area contributed by atoms with Gasteiger partial charge in [0.1, 0.15) is 0 Å². The highest BCUT2D eigenvalue weighted by atomic mass is 16.6. The number of esters is 2. The minimum atomic E-state index is -1.12. The highest BCUT2D eigenvalue weighted by molar-refractivity contribution is 5.85. The largest absolute Gasteiger partial charge is 0.451 e. The van der Waals surface area contributed by atoms with Crippen molar-refractivity contribution in [3.05, 3.63) is 0 Å². The van der Waals surface area contributed by atoms with Gasteiger partial charge in [-0.1, -0.05) is 0 Å². The quantitative estimate of drug-likeness (QED) is 0.453. The van der Waals surface area contributed by atoms with Gasteiger partial charge in [0.2, 0.25) is 6.10 Å². The summed E-state index contributed by atoms with van der Waals surface area (Å²) < 4.78 is 8.70. The van der Waals surface area contributed by atoms with Crippen LogP contribution in [-0.2, 0) is 19.1 Å². The summed E-state index contributed by atoms with van der Waals surface area (Å²) in [6, 6.07) is 0. The van der Waals surface area contributed by atoms with E-state index in [-0.39, 0.29) is 6.61 Å². The number of cyclic esters (lactones) is 2. The standard InChI is InChI=1S/C5H6O5/c6-1-3-5(8)9-2-4(7)10-3/h3,6H,1-2H2/t3-/m0/s1. The molecule has 1 atom stereocenters. The third-order valence-electron chi connectivity index (χ3n) is 1.03. The van der Waals surface area contributed by atoms with Crippen LogP contribution in [0.3, 0.4) is 0 Å². The second kappa shape index (κ2) is 2.66. The van der Waals surface area contributed by atoms with Gasteiger partial charge in [-0.05, 0) is 0 Å². The van der Waals surface area contributed by atoms with E-state index in [0.29, 0.717) is 0 Å². The first kappa shape index (κ1) is 7.01. The Kier molecular flexibility index (Phi) is 1.86. The highest BCUT2D eigenvalue weighted by Crippen LogP contribution is 2.02. The fraction of sp³-hybridized carbons (Fsp3) is 0.600. The number of carbonyl (C=O) groups is 2. The van der Waals surface area contributed by atoms with Gasteiger partial charge in [0, 0.05) is 0 Å². The van der Waals surface area contributed by atoms with E-state index < -0.39 is 24.6 Å². The van der Waals surface area contributed by atoms with Crippen molar-refractivity contribution in [2.75, 3.05) is 13.2 Å². The van der Waals surface area contributed by atoms with Crippen LogP contribution in [0.1, 0.15) is 0 Å². The summed E-state index contributed by atoms with van der Waals surface area (Å²) in [7, 11) is 0. The summed E-state index contributed by atoms with van der Waals surface area (Å²) in [5, 5.41) is 8.40. The fourth-order valence-electron chi connectivity index (χ4n) is 0.576.